The van der Waals surface area contributed by atoms with Crippen LogP contribution in [-0.4, -0.2) is 66.2 Å². The molecule has 2 aromatic rings. The Morgan fingerprint density at radius 3 is 2.43 bits per heavy atom. The summed E-state index contributed by atoms with van der Waals surface area (Å²) in [7, 11) is 1.29. The number of carbonyl (C=O) groups excluding carboxylic acids is 2. The molecule has 2 amide bonds. The normalized spacial score (nSPS) is 18.5. The van der Waals surface area contributed by atoms with Gasteiger partial charge >= 0.3 is 6.18 Å². The number of nitrogens with zero attached hydrogens (tertiary/aromatic N) is 4. The van der Waals surface area contributed by atoms with Gasteiger partial charge in [-0.2, -0.15) is 18.4 Å². The third kappa shape index (κ3) is 7.32. The van der Waals surface area contributed by atoms with Crippen LogP contribution >= 0.6 is 0 Å². The number of halogens is 3. The molecule has 1 heterocycles. The van der Waals surface area contributed by atoms with Crippen LogP contribution in [-0.2, 0) is 9.59 Å². The lowest BCUT2D eigenvalue weighted by atomic mass is 10.1. The zero-order chi connectivity index (χ0) is 27.2. The molecule has 3 rings (SSSR count). The summed E-state index contributed by atoms with van der Waals surface area (Å²) in [5.74, 6) is -1.47. The average Bonchev–Trinajstić information content (AvgIpc) is 3.27. The molecule has 0 aliphatic carbocycles. The Morgan fingerprint density at radius 1 is 1.19 bits per heavy atom. The van der Waals surface area contributed by atoms with Gasteiger partial charge in [0.15, 0.2) is 0 Å². The zero-order valence-corrected chi connectivity index (χ0v) is 21.0. The van der Waals surface area contributed by atoms with Crippen LogP contribution in [0.1, 0.15) is 24.0 Å². The van der Waals surface area contributed by atoms with Gasteiger partial charge in [0.05, 0.1) is 24.7 Å². The predicted octanol–water partition coefficient (Wildman–Crippen LogP) is 4.64. The Morgan fingerprint density at radius 2 is 1.84 bits per heavy atom. The number of aryl methyl sites for hydroxylation is 2. The quantitative estimate of drug-likeness (QED) is 0.521. The molecule has 7 nitrogen and oxygen atoms in total. The Labute approximate surface area is 214 Å². The number of likely N-dealkylation sites (N-methyl/N-ethyl adjacent to an activating group) is 1. The maximum absolute atomic E-state index is 13.8. The molecule has 0 radical (unpaired) electrons. The molecule has 37 heavy (non-hydrogen) atoms. The first-order valence-electron chi connectivity index (χ1n) is 11.9. The fraction of sp³-hybridized carbons (Fsp3) is 0.407. The van der Waals surface area contributed by atoms with E-state index in [9.17, 15) is 28.0 Å². The fourth-order valence-corrected chi connectivity index (χ4v) is 4.26. The maximum atomic E-state index is 13.8. The molecular weight excluding hydrogens is 483 g/mol. The summed E-state index contributed by atoms with van der Waals surface area (Å²) in [5.41, 5.74) is 2.34. The first kappa shape index (κ1) is 27.7. The van der Waals surface area contributed by atoms with Crippen molar-refractivity contribution >= 4 is 29.4 Å². The number of benzene rings is 2. The second-order valence-electron chi connectivity index (χ2n) is 9.26. The number of rotatable bonds is 8. The molecule has 2 aromatic carbocycles. The minimum Gasteiger partial charge on any atom is -0.373 e. The number of nitriles is 1. The van der Waals surface area contributed by atoms with Crippen LogP contribution in [0.5, 0.6) is 0 Å². The molecule has 1 aliphatic rings. The van der Waals surface area contributed by atoms with E-state index in [0.29, 0.717) is 23.2 Å². The van der Waals surface area contributed by atoms with Crippen molar-refractivity contribution in [1.82, 2.24) is 9.80 Å². The van der Waals surface area contributed by atoms with Gasteiger partial charge in [-0.05, 0) is 43.5 Å². The standard InChI is InChI=1S/C27H30F3N5O2/c1-18-8-7-9-19(2)26(18)33-23(27(28,29)30)13-24(36)34(3)17-25(37)35-16-20(12-22(35)14-31)15-32-21-10-5-4-6-11-21/h4-11,15,20,22-23,33H,12-13,16-17H2,1-3H3. The summed E-state index contributed by atoms with van der Waals surface area (Å²) < 4.78 is 41.3. The largest absolute Gasteiger partial charge is 0.409 e. The fourth-order valence-electron chi connectivity index (χ4n) is 4.26. The molecule has 0 bridgehead atoms. The van der Waals surface area contributed by atoms with E-state index in [-0.39, 0.29) is 12.5 Å². The summed E-state index contributed by atoms with van der Waals surface area (Å²) in [6.07, 6.45) is -3.45. The molecule has 0 aromatic heterocycles. The summed E-state index contributed by atoms with van der Waals surface area (Å²) >= 11 is 0. The lowest BCUT2D eigenvalue weighted by molar-refractivity contribution is -0.154. The van der Waals surface area contributed by atoms with Gasteiger partial charge in [-0.15, -0.1) is 0 Å². The van der Waals surface area contributed by atoms with Crippen LogP contribution in [0.2, 0.25) is 0 Å². The highest BCUT2D eigenvalue weighted by atomic mass is 19.4. The molecule has 10 heteroatoms. The van der Waals surface area contributed by atoms with E-state index in [1.165, 1.54) is 11.9 Å². The van der Waals surface area contributed by atoms with Crippen molar-refractivity contribution in [3.63, 3.8) is 0 Å². The molecule has 1 fully saturated rings. The number of amides is 2. The molecule has 1 N–H and O–H groups in total. The Hall–Kier alpha value is -3.87. The second-order valence-corrected chi connectivity index (χ2v) is 9.26. The van der Waals surface area contributed by atoms with Crippen LogP contribution in [0.15, 0.2) is 53.5 Å². The molecule has 0 saturated carbocycles. The van der Waals surface area contributed by atoms with Crippen molar-refractivity contribution in [2.45, 2.75) is 44.9 Å². The van der Waals surface area contributed by atoms with Crippen LogP contribution in [0, 0.1) is 31.1 Å². The number of hydrogen-bond donors (Lipinski definition) is 1. The van der Waals surface area contributed by atoms with Gasteiger partial charge in [0, 0.05) is 31.4 Å². The minimum absolute atomic E-state index is 0.147. The van der Waals surface area contributed by atoms with Gasteiger partial charge in [0.25, 0.3) is 0 Å². The SMILES string of the molecule is Cc1cccc(C)c1NC(CC(=O)N(C)CC(=O)N1CC(C=Nc2ccccc2)CC1C#N)C(F)(F)F. The van der Waals surface area contributed by atoms with Crippen molar-refractivity contribution in [3.05, 3.63) is 59.7 Å². The molecule has 3 unspecified atom stereocenters. The number of hydrogen-bond acceptors (Lipinski definition) is 5. The number of likely N-dealkylation sites (tertiary alicyclic amines) is 1. The minimum atomic E-state index is -4.68. The van der Waals surface area contributed by atoms with Crippen molar-refractivity contribution in [3.8, 4) is 6.07 Å². The topological polar surface area (TPSA) is 88.8 Å². The molecule has 196 valence electrons. The predicted molar refractivity (Wildman–Crippen MR) is 135 cm³/mol. The second kappa shape index (κ2) is 11.9. The third-order valence-electron chi connectivity index (χ3n) is 6.37. The van der Waals surface area contributed by atoms with Crippen LogP contribution < -0.4 is 5.32 Å². The lowest BCUT2D eigenvalue weighted by Gasteiger charge is -2.27. The number of para-hydroxylation sites is 2. The molecule has 0 spiro atoms. The number of anilines is 1. The lowest BCUT2D eigenvalue weighted by Crippen LogP contribution is -2.46. The van der Waals surface area contributed by atoms with Crippen molar-refractivity contribution in [2.24, 2.45) is 10.9 Å². The van der Waals surface area contributed by atoms with Crippen LogP contribution in [0.25, 0.3) is 0 Å². The average molecular weight is 514 g/mol. The summed E-state index contributed by atoms with van der Waals surface area (Å²) in [5, 5.41) is 12.0. The van der Waals surface area contributed by atoms with E-state index >= 15 is 0 Å². The Kier molecular flexibility index (Phi) is 8.92. The first-order valence-corrected chi connectivity index (χ1v) is 11.9. The summed E-state index contributed by atoms with van der Waals surface area (Å²) in [4.78, 5) is 32.4. The molecule has 1 saturated heterocycles. The van der Waals surface area contributed by atoms with Crippen molar-refractivity contribution in [1.29, 1.82) is 5.26 Å². The monoisotopic (exact) mass is 513 g/mol. The highest BCUT2D eigenvalue weighted by molar-refractivity contribution is 5.86. The van der Waals surface area contributed by atoms with E-state index < -0.39 is 43.0 Å². The van der Waals surface area contributed by atoms with Gasteiger partial charge in [0.1, 0.15) is 12.1 Å². The number of carbonyl (C=O) groups is 2. The van der Waals surface area contributed by atoms with E-state index in [1.807, 2.05) is 30.3 Å². The van der Waals surface area contributed by atoms with E-state index in [2.05, 4.69) is 16.4 Å². The van der Waals surface area contributed by atoms with E-state index in [4.69, 9.17) is 0 Å². The molecule has 1 aliphatic heterocycles. The van der Waals surface area contributed by atoms with Gasteiger partial charge < -0.3 is 15.1 Å². The third-order valence-corrected chi connectivity index (χ3v) is 6.37. The Balaban J connectivity index is 1.62. The zero-order valence-electron chi connectivity index (χ0n) is 21.0. The van der Waals surface area contributed by atoms with Crippen LogP contribution in [0.4, 0.5) is 24.5 Å². The van der Waals surface area contributed by atoms with Gasteiger partial charge in [-0.25, -0.2) is 0 Å². The highest BCUT2D eigenvalue weighted by Crippen LogP contribution is 2.30. The smallest absolute Gasteiger partial charge is 0.373 e. The van der Waals surface area contributed by atoms with Crippen molar-refractivity contribution in [2.75, 3.05) is 25.5 Å². The van der Waals surface area contributed by atoms with Crippen molar-refractivity contribution < 1.29 is 22.8 Å². The number of nitrogens with one attached hydrogen (secondary N) is 1. The Bertz CT molecular complexity index is 1160. The maximum Gasteiger partial charge on any atom is 0.409 e. The van der Waals surface area contributed by atoms with E-state index in [1.54, 1.807) is 38.3 Å². The first-order chi connectivity index (χ1) is 17.5. The number of aliphatic imine (C=N–C) groups is 1. The van der Waals surface area contributed by atoms with Gasteiger partial charge in [-0.1, -0.05) is 36.4 Å². The summed E-state index contributed by atoms with van der Waals surface area (Å²) in [6.45, 7) is 3.20. The highest BCUT2D eigenvalue weighted by Gasteiger charge is 2.42. The van der Waals surface area contributed by atoms with E-state index in [0.717, 1.165) is 10.6 Å². The summed E-state index contributed by atoms with van der Waals surface area (Å²) in [6, 6.07) is 13.6. The molecular formula is C27H30F3N5O2. The van der Waals surface area contributed by atoms with Crippen LogP contribution in [0.3, 0.4) is 0 Å². The van der Waals surface area contributed by atoms with Gasteiger partial charge in [-0.3, -0.25) is 14.6 Å². The number of alkyl halides is 3. The van der Waals surface area contributed by atoms with Gasteiger partial charge in [0.2, 0.25) is 11.8 Å². The molecule has 3 atom stereocenters.